The van der Waals surface area contributed by atoms with Crippen LogP contribution in [-0.2, 0) is 13.0 Å². The third-order valence-electron chi connectivity index (χ3n) is 4.11. The lowest BCUT2D eigenvalue weighted by Gasteiger charge is -2.13. The van der Waals surface area contributed by atoms with Crippen LogP contribution in [0.5, 0.6) is 0 Å². The van der Waals surface area contributed by atoms with Crippen LogP contribution in [0.1, 0.15) is 54.7 Å². The Balaban J connectivity index is 2.22. The van der Waals surface area contributed by atoms with E-state index in [9.17, 15) is 14.4 Å². The average molecular weight is 388 g/mol. The van der Waals surface area contributed by atoms with Crippen molar-refractivity contribution in [3.8, 4) is 0 Å². The molecule has 0 saturated carbocycles. The Hall–Kier alpha value is -2.88. The van der Waals surface area contributed by atoms with Crippen molar-refractivity contribution in [2.75, 3.05) is 5.32 Å². The van der Waals surface area contributed by atoms with E-state index >= 15 is 0 Å². The second-order valence-corrected chi connectivity index (χ2v) is 7.32. The minimum absolute atomic E-state index is 0.00821. The van der Waals surface area contributed by atoms with Crippen molar-refractivity contribution in [1.82, 2.24) is 24.7 Å². The van der Waals surface area contributed by atoms with Gasteiger partial charge in [0.1, 0.15) is 5.01 Å². The SMILES string of the molecule is CCc1nnc(NC(=O)c2cc(C(C)C)nc3c2c(=O)[nH]c(=O)n3CC)s1. The van der Waals surface area contributed by atoms with Crippen LogP contribution in [-0.4, -0.2) is 30.6 Å². The van der Waals surface area contributed by atoms with Crippen LogP contribution < -0.4 is 16.6 Å². The minimum Gasteiger partial charge on any atom is -0.296 e. The second-order valence-electron chi connectivity index (χ2n) is 6.26. The molecule has 0 bridgehead atoms. The largest absolute Gasteiger partial charge is 0.329 e. The lowest BCUT2D eigenvalue weighted by molar-refractivity contribution is 0.102. The molecule has 2 N–H and O–H groups in total. The van der Waals surface area contributed by atoms with E-state index in [1.165, 1.54) is 15.9 Å². The van der Waals surface area contributed by atoms with E-state index in [-0.39, 0.29) is 22.5 Å². The van der Waals surface area contributed by atoms with Gasteiger partial charge >= 0.3 is 5.69 Å². The lowest BCUT2D eigenvalue weighted by Crippen LogP contribution is -2.32. The number of hydrogen-bond acceptors (Lipinski definition) is 7. The summed E-state index contributed by atoms with van der Waals surface area (Å²) >= 11 is 1.28. The van der Waals surface area contributed by atoms with Crippen LogP contribution in [0, 0.1) is 0 Å². The number of fused-ring (bicyclic) bond motifs is 1. The Morgan fingerprint density at radius 3 is 2.63 bits per heavy atom. The zero-order chi connectivity index (χ0) is 19.7. The Morgan fingerprint density at radius 2 is 2.04 bits per heavy atom. The van der Waals surface area contributed by atoms with Crippen LogP contribution in [0.3, 0.4) is 0 Å². The first-order valence-electron chi connectivity index (χ1n) is 8.67. The molecular formula is C17H20N6O3S. The normalized spacial score (nSPS) is 11.3. The first-order valence-corrected chi connectivity index (χ1v) is 9.48. The predicted octanol–water partition coefficient (Wildman–Crippen LogP) is 1.89. The minimum atomic E-state index is -0.640. The molecule has 3 aromatic rings. The van der Waals surface area contributed by atoms with Crippen LogP contribution in [0.2, 0.25) is 0 Å². The number of aromatic nitrogens is 5. The summed E-state index contributed by atoms with van der Waals surface area (Å²) in [5.74, 6) is -0.483. The number of amides is 1. The Labute approximate surface area is 158 Å². The van der Waals surface area contributed by atoms with Gasteiger partial charge in [-0.05, 0) is 25.3 Å². The Morgan fingerprint density at radius 1 is 1.30 bits per heavy atom. The molecule has 0 aliphatic rings. The number of aryl methyl sites for hydroxylation is 2. The topological polar surface area (TPSA) is 123 Å². The van der Waals surface area contributed by atoms with Crippen molar-refractivity contribution in [2.24, 2.45) is 0 Å². The lowest BCUT2D eigenvalue weighted by atomic mass is 10.0. The van der Waals surface area contributed by atoms with Gasteiger partial charge in [0, 0.05) is 12.2 Å². The van der Waals surface area contributed by atoms with Gasteiger partial charge in [-0.25, -0.2) is 9.78 Å². The van der Waals surface area contributed by atoms with Gasteiger partial charge in [0.2, 0.25) is 5.13 Å². The van der Waals surface area contributed by atoms with Crippen molar-refractivity contribution >= 4 is 33.4 Å². The zero-order valence-electron chi connectivity index (χ0n) is 15.5. The molecule has 1 amide bonds. The monoisotopic (exact) mass is 388 g/mol. The number of aromatic amines is 1. The number of H-pyrrole nitrogens is 1. The second kappa shape index (κ2) is 7.39. The van der Waals surface area contributed by atoms with Crippen LogP contribution >= 0.6 is 11.3 Å². The predicted molar refractivity (Wildman–Crippen MR) is 104 cm³/mol. The van der Waals surface area contributed by atoms with Crippen molar-refractivity contribution in [2.45, 2.75) is 46.6 Å². The van der Waals surface area contributed by atoms with Crippen molar-refractivity contribution in [3.63, 3.8) is 0 Å². The maximum Gasteiger partial charge on any atom is 0.329 e. The summed E-state index contributed by atoms with van der Waals surface area (Å²) in [6.07, 6.45) is 0.714. The molecular weight excluding hydrogens is 368 g/mol. The van der Waals surface area contributed by atoms with Crippen molar-refractivity contribution in [1.29, 1.82) is 0 Å². The third kappa shape index (κ3) is 3.52. The van der Waals surface area contributed by atoms with Gasteiger partial charge in [-0.15, -0.1) is 10.2 Å². The van der Waals surface area contributed by atoms with E-state index in [2.05, 4.69) is 25.5 Å². The smallest absolute Gasteiger partial charge is 0.296 e. The van der Waals surface area contributed by atoms with Crippen molar-refractivity contribution < 1.29 is 4.79 Å². The van der Waals surface area contributed by atoms with Gasteiger partial charge in [-0.3, -0.25) is 24.5 Å². The van der Waals surface area contributed by atoms with Crippen LogP contribution in [0.4, 0.5) is 5.13 Å². The summed E-state index contributed by atoms with van der Waals surface area (Å²) in [6.45, 7) is 7.89. The number of nitrogens with zero attached hydrogens (tertiary/aromatic N) is 4. The number of carbonyl (C=O) groups is 1. The van der Waals surface area contributed by atoms with E-state index in [1.54, 1.807) is 13.0 Å². The number of pyridine rings is 1. The molecule has 0 unspecified atom stereocenters. The molecule has 10 heteroatoms. The maximum atomic E-state index is 12.9. The van der Waals surface area contributed by atoms with Crippen LogP contribution in [0.25, 0.3) is 11.0 Å². The number of carbonyl (C=O) groups excluding carboxylic acids is 1. The molecule has 0 aliphatic carbocycles. The van der Waals surface area contributed by atoms with E-state index in [0.717, 1.165) is 5.01 Å². The van der Waals surface area contributed by atoms with Gasteiger partial charge in [-0.2, -0.15) is 0 Å². The summed E-state index contributed by atoms with van der Waals surface area (Å²) in [5.41, 5.74) is -0.216. The van der Waals surface area contributed by atoms with Crippen LogP contribution in [0.15, 0.2) is 15.7 Å². The van der Waals surface area contributed by atoms with E-state index in [4.69, 9.17) is 0 Å². The maximum absolute atomic E-state index is 12.9. The molecule has 0 saturated heterocycles. The third-order valence-corrected chi connectivity index (χ3v) is 5.09. The van der Waals surface area contributed by atoms with Gasteiger partial charge in [0.05, 0.1) is 10.9 Å². The highest BCUT2D eigenvalue weighted by molar-refractivity contribution is 7.15. The number of anilines is 1. The Bertz CT molecular complexity index is 1130. The fraction of sp³-hybridized carbons (Fsp3) is 0.412. The molecule has 3 rings (SSSR count). The summed E-state index contributed by atoms with van der Waals surface area (Å²) in [6, 6.07) is 1.59. The molecule has 0 atom stereocenters. The number of rotatable bonds is 5. The molecule has 3 aromatic heterocycles. The molecule has 3 heterocycles. The molecule has 27 heavy (non-hydrogen) atoms. The molecule has 0 fully saturated rings. The average Bonchev–Trinajstić information content (AvgIpc) is 3.08. The molecule has 142 valence electrons. The molecule has 9 nitrogen and oxygen atoms in total. The number of hydrogen-bond donors (Lipinski definition) is 2. The molecule has 0 aromatic carbocycles. The quantitative estimate of drug-likeness (QED) is 0.688. The van der Waals surface area contributed by atoms with E-state index in [1.807, 2.05) is 20.8 Å². The summed E-state index contributed by atoms with van der Waals surface area (Å²) in [7, 11) is 0. The van der Waals surface area contributed by atoms with Gasteiger partial charge in [0.25, 0.3) is 11.5 Å². The number of nitrogens with one attached hydrogen (secondary N) is 2. The molecule has 0 radical (unpaired) electrons. The fourth-order valence-electron chi connectivity index (χ4n) is 2.67. The highest BCUT2D eigenvalue weighted by Gasteiger charge is 2.21. The first kappa shape index (κ1) is 18.9. The zero-order valence-corrected chi connectivity index (χ0v) is 16.3. The van der Waals surface area contributed by atoms with E-state index in [0.29, 0.717) is 23.8 Å². The summed E-state index contributed by atoms with van der Waals surface area (Å²) in [4.78, 5) is 44.2. The molecule has 0 spiro atoms. The highest BCUT2D eigenvalue weighted by Crippen LogP contribution is 2.22. The Kier molecular flexibility index (Phi) is 5.17. The standard InChI is InChI=1S/C17H20N6O3S/c1-5-11-21-22-16(27-11)19-14(24)9-7-10(8(3)4)18-13-12(9)15(25)20-17(26)23(13)6-2/h7-8H,5-6H2,1-4H3,(H,19,22,24)(H,20,25,26). The van der Waals surface area contributed by atoms with E-state index < -0.39 is 17.2 Å². The summed E-state index contributed by atoms with van der Waals surface area (Å²) in [5, 5.41) is 11.8. The van der Waals surface area contributed by atoms with Gasteiger partial charge in [-0.1, -0.05) is 32.1 Å². The summed E-state index contributed by atoms with van der Waals surface area (Å²) < 4.78 is 1.35. The fourth-order valence-corrected chi connectivity index (χ4v) is 3.35. The molecule has 0 aliphatic heterocycles. The van der Waals surface area contributed by atoms with Gasteiger partial charge in [0.15, 0.2) is 5.65 Å². The highest BCUT2D eigenvalue weighted by atomic mass is 32.1. The first-order chi connectivity index (χ1) is 12.8. The van der Waals surface area contributed by atoms with Crippen molar-refractivity contribution in [3.05, 3.63) is 43.2 Å². The van der Waals surface area contributed by atoms with Gasteiger partial charge < -0.3 is 0 Å².